The van der Waals surface area contributed by atoms with Crippen LogP contribution in [-0.2, 0) is 6.42 Å². The largest absolute Gasteiger partial charge is 0.359 e. The van der Waals surface area contributed by atoms with Crippen LogP contribution in [0.3, 0.4) is 0 Å². The van der Waals surface area contributed by atoms with Crippen molar-refractivity contribution in [3.8, 4) is 0 Å². The Bertz CT molecular complexity index is 326. The van der Waals surface area contributed by atoms with Crippen molar-refractivity contribution < 1.29 is 0 Å². The first-order valence-corrected chi connectivity index (χ1v) is 5.30. The summed E-state index contributed by atoms with van der Waals surface area (Å²) in [6.45, 7) is 10.1. The van der Waals surface area contributed by atoms with Gasteiger partial charge in [0.1, 0.15) is 0 Å². The van der Waals surface area contributed by atoms with Gasteiger partial charge in [-0.15, -0.1) is 0 Å². The van der Waals surface area contributed by atoms with E-state index in [-0.39, 0.29) is 0 Å². The summed E-state index contributed by atoms with van der Waals surface area (Å²) in [5.41, 5.74) is 5.12. The molecule has 0 amide bonds. The molecule has 2 rings (SSSR count). The molecule has 0 atom stereocenters. The van der Waals surface area contributed by atoms with Crippen LogP contribution in [0.5, 0.6) is 0 Å². The number of hydrogen-bond acceptors (Lipinski definition) is 1. The molecular weight excluding hydrogens is 170 g/mol. The number of rotatable bonds is 0. The summed E-state index contributed by atoms with van der Waals surface area (Å²) in [5.74, 6) is 0. The summed E-state index contributed by atoms with van der Waals surface area (Å²) in [6.07, 6.45) is 2.19. The van der Waals surface area contributed by atoms with Crippen molar-refractivity contribution in [3.63, 3.8) is 0 Å². The van der Waals surface area contributed by atoms with Crippen LogP contribution in [0.4, 0.5) is 5.69 Å². The van der Waals surface area contributed by atoms with E-state index in [1.807, 2.05) is 13.8 Å². The molecule has 1 aliphatic heterocycles. The molecule has 1 heterocycles. The quantitative estimate of drug-likeness (QED) is 0.652. The van der Waals surface area contributed by atoms with E-state index in [0.29, 0.717) is 0 Å². The van der Waals surface area contributed by atoms with E-state index in [4.69, 9.17) is 0 Å². The third kappa shape index (κ3) is 2.38. The van der Waals surface area contributed by atoms with Gasteiger partial charge in [-0.2, -0.15) is 0 Å². The van der Waals surface area contributed by atoms with E-state index in [1.54, 1.807) is 0 Å². The molecule has 0 aromatic heterocycles. The highest BCUT2D eigenvalue weighted by molar-refractivity contribution is 5.58. The fourth-order valence-electron chi connectivity index (χ4n) is 1.59. The van der Waals surface area contributed by atoms with Crippen molar-refractivity contribution in [3.05, 3.63) is 41.6 Å². The molecule has 76 valence electrons. The zero-order chi connectivity index (χ0) is 10.6. The maximum absolute atomic E-state index is 3.92. The molecule has 0 saturated carbocycles. The summed E-state index contributed by atoms with van der Waals surface area (Å²) in [5, 5.41) is 3.29. The smallest absolute Gasteiger partial charge is 0.0414 e. The van der Waals surface area contributed by atoms with Gasteiger partial charge in [-0.3, -0.25) is 0 Å². The van der Waals surface area contributed by atoms with Crippen LogP contribution in [0.2, 0.25) is 0 Å². The van der Waals surface area contributed by atoms with Crippen LogP contribution in [-0.4, -0.2) is 0 Å². The number of anilines is 1. The third-order valence-electron chi connectivity index (χ3n) is 2.27. The molecule has 1 N–H and O–H groups in total. The molecule has 1 nitrogen and oxygen atoms in total. The molecule has 14 heavy (non-hydrogen) atoms. The summed E-state index contributed by atoms with van der Waals surface area (Å²) < 4.78 is 0. The first-order chi connectivity index (χ1) is 6.75. The first-order valence-electron chi connectivity index (χ1n) is 5.30. The van der Waals surface area contributed by atoms with E-state index in [9.17, 15) is 0 Å². The number of aryl methyl sites for hydroxylation is 2. The minimum atomic E-state index is 1.07. The van der Waals surface area contributed by atoms with Gasteiger partial charge in [0, 0.05) is 11.4 Å². The van der Waals surface area contributed by atoms with Crippen molar-refractivity contribution in [2.75, 3.05) is 5.32 Å². The Balaban J connectivity index is 0.000000461. The van der Waals surface area contributed by atoms with Crippen molar-refractivity contribution >= 4 is 5.69 Å². The fourth-order valence-corrected chi connectivity index (χ4v) is 1.59. The Hall–Kier alpha value is -1.24. The SMILES string of the molecule is C=C1CCc2cc(C)ccc2N1.CC. The maximum atomic E-state index is 3.92. The standard InChI is InChI=1S/C11H13N.C2H6/c1-8-3-6-11-10(7-8)5-4-9(2)12-11;1-2/h3,6-7,12H,2,4-5H2,1H3;1-2H3. The molecule has 0 radical (unpaired) electrons. The highest BCUT2D eigenvalue weighted by Crippen LogP contribution is 2.26. The van der Waals surface area contributed by atoms with Crippen LogP contribution in [0.15, 0.2) is 30.5 Å². The highest BCUT2D eigenvalue weighted by atomic mass is 14.9. The molecule has 0 unspecified atom stereocenters. The summed E-state index contributed by atoms with van der Waals surface area (Å²) in [7, 11) is 0. The second-order valence-corrected chi connectivity index (χ2v) is 3.39. The molecule has 1 aromatic carbocycles. The molecule has 1 heteroatoms. The number of allylic oxidation sites excluding steroid dienone is 1. The molecule has 1 aliphatic rings. The predicted octanol–water partition coefficient (Wildman–Crippen LogP) is 3.89. The molecule has 0 saturated heterocycles. The van der Waals surface area contributed by atoms with E-state index in [2.05, 4.69) is 37.0 Å². The van der Waals surface area contributed by atoms with Gasteiger partial charge in [0.2, 0.25) is 0 Å². The monoisotopic (exact) mass is 189 g/mol. The van der Waals surface area contributed by atoms with Gasteiger partial charge in [0.05, 0.1) is 0 Å². The van der Waals surface area contributed by atoms with Crippen LogP contribution in [0.25, 0.3) is 0 Å². The molecule has 1 aromatic rings. The van der Waals surface area contributed by atoms with Gasteiger partial charge < -0.3 is 5.32 Å². The zero-order valence-electron chi connectivity index (χ0n) is 9.35. The van der Waals surface area contributed by atoms with Gasteiger partial charge in [-0.25, -0.2) is 0 Å². The number of fused-ring (bicyclic) bond motifs is 1. The van der Waals surface area contributed by atoms with Gasteiger partial charge in [0.25, 0.3) is 0 Å². The lowest BCUT2D eigenvalue weighted by Gasteiger charge is -2.20. The predicted molar refractivity (Wildman–Crippen MR) is 63.6 cm³/mol. The molecule has 0 spiro atoms. The first kappa shape index (κ1) is 10.8. The summed E-state index contributed by atoms with van der Waals surface area (Å²) in [4.78, 5) is 0. The lowest BCUT2D eigenvalue weighted by molar-refractivity contribution is 0.917. The number of hydrogen-bond donors (Lipinski definition) is 1. The van der Waals surface area contributed by atoms with Crippen molar-refractivity contribution in [2.24, 2.45) is 0 Å². The van der Waals surface area contributed by atoms with Gasteiger partial charge >= 0.3 is 0 Å². The Labute approximate surface area is 86.8 Å². The molecule has 0 fully saturated rings. The molecule has 0 bridgehead atoms. The number of benzene rings is 1. The lowest BCUT2D eigenvalue weighted by atomic mass is 10.00. The van der Waals surface area contributed by atoms with Crippen LogP contribution < -0.4 is 5.32 Å². The van der Waals surface area contributed by atoms with Gasteiger partial charge in [0.15, 0.2) is 0 Å². The van der Waals surface area contributed by atoms with Crippen LogP contribution >= 0.6 is 0 Å². The van der Waals surface area contributed by atoms with Crippen molar-refractivity contribution in [2.45, 2.75) is 33.6 Å². The van der Waals surface area contributed by atoms with Gasteiger partial charge in [-0.1, -0.05) is 38.1 Å². The normalized spacial score (nSPS) is 13.5. The minimum absolute atomic E-state index is 1.07. The molecular formula is C13H19N. The fraction of sp³-hybridized carbons (Fsp3) is 0.385. The van der Waals surface area contributed by atoms with E-state index < -0.39 is 0 Å². The number of nitrogens with one attached hydrogen (secondary N) is 1. The molecule has 0 aliphatic carbocycles. The second-order valence-electron chi connectivity index (χ2n) is 3.39. The van der Waals surface area contributed by atoms with Crippen LogP contribution in [0, 0.1) is 6.92 Å². The Morgan fingerprint density at radius 2 is 1.93 bits per heavy atom. The highest BCUT2D eigenvalue weighted by Gasteiger charge is 2.09. The average molecular weight is 189 g/mol. The Kier molecular flexibility index (Phi) is 3.75. The lowest BCUT2D eigenvalue weighted by Crippen LogP contribution is -2.08. The third-order valence-corrected chi connectivity index (χ3v) is 2.27. The average Bonchev–Trinajstić information content (AvgIpc) is 2.21. The van der Waals surface area contributed by atoms with Crippen molar-refractivity contribution in [1.82, 2.24) is 0 Å². The summed E-state index contributed by atoms with van der Waals surface area (Å²) >= 11 is 0. The van der Waals surface area contributed by atoms with Gasteiger partial charge in [-0.05, 0) is 31.4 Å². The minimum Gasteiger partial charge on any atom is -0.359 e. The second kappa shape index (κ2) is 4.85. The maximum Gasteiger partial charge on any atom is 0.0414 e. The topological polar surface area (TPSA) is 12.0 Å². The Morgan fingerprint density at radius 3 is 2.64 bits per heavy atom. The van der Waals surface area contributed by atoms with Crippen LogP contribution in [0.1, 0.15) is 31.4 Å². The van der Waals surface area contributed by atoms with Crippen molar-refractivity contribution in [1.29, 1.82) is 0 Å². The zero-order valence-corrected chi connectivity index (χ0v) is 9.35. The van der Waals surface area contributed by atoms with E-state index >= 15 is 0 Å². The van der Waals surface area contributed by atoms with E-state index in [0.717, 1.165) is 18.5 Å². The Morgan fingerprint density at radius 1 is 1.21 bits per heavy atom. The summed E-state index contributed by atoms with van der Waals surface area (Å²) in [6, 6.07) is 6.51. The van der Waals surface area contributed by atoms with E-state index in [1.165, 1.54) is 16.8 Å².